The van der Waals surface area contributed by atoms with Gasteiger partial charge in [-0.1, -0.05) is 24.3 Å². The monoisotopic (exact) mass is 532 g/mol. The van der Waals surface area contributed by atoms with Gasteiger partial charge < -0.3 is 0 Å². The summed E-state index contributed by atoms with van der Waals surface area (Å²) in [5.41, 5.74) is 1.21. The van der Waals surface area contributed by atoms with E-state index in [1.165, 1.54) is 31.2 Å². The van der Waals surface area contributed by atoms with Crippen LogP contribution in [-0.2, 0) is 20.0 Å². The number of non-ortho nitro benzene ring substituents is 1. The third kappa shape index (κ3) is 5.21. The Bertz CT molecular complexity index is 1560. The predicted molar refractivity (Wildman–Crippen MR) is 132 cm³/mol. The van der Waals surface area contributed by atoms with Crippen LogP contribution in [0.25, 0.3) is 0 Å². The first-order chi connectivity index (χ1) is 17.0. The van der Waals surface area contributed by atoms with Crippen LogP contribution in [-0.4, -0.2) is 37.6 Å². The van der Waals surface area contributed by atoms with Gasteiger partial charge in [0.25, 0.3) is 15.7 Å². The van der Waals surface area contributed by atoms with Gasteiger partial charge >= 0.3 is 0 Å². The molecule has 3 aromatic rings. The number of nitro benzene ring substituents is 1. The molecule has 1 aliphatic heterocycles. The summed E-state index contributed by atoms with van der Waals surface area (Å²) in [6.07, 6.45) is 0.0611. The molecule has 0 radical (unpaired) electrons. The highest BCUT2D eigenvalue weighted by atomic mass is 32.2. The number of rotatable bonds is 8. The Labute approximate surface area is 207 Å². The van der Waals surface area contributed by atoms with Crippen LogP contribution >= 0.6 is 0 Å². The van der Waals surface area contributed by atoms with Gasteiger partial charge in [-0.05, 0) is 54.4 Å². The molecule has 3 aromatic carbocycles. The van der Waals surface area contributed by atoms with Crippen molar-refractivity contribution in [3.63, 3.8) is 0 Å². The number of nitrogens with zero attached hydrogens (tertiary/aromatic N) is 3. The van der Waals surface area contributed by atoms with Gasteiger partial charge in [0.05, 0.1) is 27.3 Å². The maximum Gasteiger partial charge on any atom is 0.279 e. The number of hydrogen-bond donors (Lipinski definition) is 1. The Morgan fingerprint density at radius 2 is 1.75 bits per heavy atom. The topological polar surface area (TPSA) is 139 Å². The molecule has 0 saturated heterocycles. The molecule has 188 valence electrons. The molecule has 13 heteroatoms. The lowest BCUT2D eigenvalue weighted by molar-refractivity contribution is -0.384. The van der Waals surface area contributed by atoms with Crippen LogP contribution in [0.2, 0.25) is 0 Å². The van der Waals surface area contributed by atoms with E-state index >= 15 is 0 Å². The Morgan fingerprint density at radius 3 is 2.42 bits per heavy atom. The Hall–Kier alpha value is -3.84. The van der Waals surface area contributed by atoms with Gasteiger partial charge in [0.2, 0.25) is 10.0 Å². The highest BCUT2D eigenvalue weighted by Gasteiger charge is 2.38. The Kier molecular flexibility index (Phi) is 6.78. The van der Waals surface area contributed by atoms with Crippen molar-refractivity contribution in [1.29, 1.82) is 0 Å². The summed E-state index contributed by atoms with van der Waals surface area (Å²) in [5.74, 6) is -0.738. The van der Waals surface area contributed by atoms with Gasteiger partial charge in [-0.2, -0.15) is 17.9 Å². The Balaban J connectivity index is 1.79. The largest absolute Gasteiger partial charge is 0.284 e. The van der Waals surface area contributed by atoms with E-state index in [0.717, 1.165) is 28.7 Å². The lowest BCUT2D eigenvalue weighted by Gasteiger charge is -2.23. The fourth-order valence-electron chi connectivity index (χ4n) is 3.71. The predicted octanol–water partition coefficient (Wildman–Crippen LogP) is 4.04. The molecule has 0 spiro atoms. The molecule has 0 unspecified atom stereocenters. The smallest absolute Gasteiger partial charge is 0.279 e. The number of sulfonamides is 2. The molecule has 1 N–H and O–H groups in total. The second-order valence-electron chi connectivity index (χ2n) is 7.94. The highest BCUT2D eigenvalue weighted by molar-refractivity contribution is 7.92. The van der Waals surface area contributed by atoms with E-state index in [9.17, 15) is 31.3 Å². The molecule has 1 aliphatic rings. The van der Waals surface area contributed by atoms with Crippen molar-refractivity contribution >= 4 is 37.1 Å². The van der Waals surface area contributed by atoms with Crippen molar-refractivity contribution in [3.8, 4) is 0 Å². The van der Waals surface area contributed by atoms with Gasteiger partial charge in [0.1, 0.15) is 5.82 Å². The average Bonchev–Trinajstić information content (AvgIpc) is 3.31. The Morgan fingerprint density at radius 1 is 1.06 bits per heavy atom. The second-order valence-corrected chi connectivity index (χ2v) is 11.7. The van der Waals surface area contributed by atoms with Crippen LogP contribution in [0, 0.1) is 15.9 Å². The van der Waals surface area contributed by atoms with Crippen molar-refractivity contribution in [3.05, 3.63) is 99.9 Å². The number of halogens is 1. The normalized spacial score (nSPS) is 16.0. The molecule has 1 heterocycles. The molecule has 4 rings (SSSR count). The minimum Gasteiger partial charge on any atom is -0.284 e. The zero-order chi connectivity index (χ0) is 26.1. The lowest BCUT2D eigenvalue weighted by atomic mass is 9.98. The number of anilines is 1. The number of hydrazone groups is 1. The maximum atomic E-state index is 13.5. The summed E-state index contributed by atoms with van der Waals surface area (Å²) in [5, 5.41) is 15.7. The minimum absolute atomic E-state index is 0.0611. The van der Waals surface area contributed by atoms with Crippen molar-refractivity contribution in [2.24, 2.45) is 5.10 Å². The average molecular weight is 533 g/mol. The summed E-state index contributed by atoms with van der Waals surface area (Å²) < 4.78 is 67.7. The minimum atomic E-state index is -4.27. The van der Waals surface area contributed by atoms with E-state index < -0.39 is 36.8 Å². The maximum absolute atomic E-state index is 13.5. The van der Waals surface area contributed by atoms with Gasteiger partial charge in [0.15, 0.2) is 0 Å². The third-order valence-corrected chi connectivity index (χ3v) is 8.55. The van der Waals surface area contributed by atoms with E-state index in [1.807, 2.05) is 0 Å². The highest BCUT2D eigenvalue weighted by Crippen LogP contribution is 2.38. The third-order valence-electron chi connectivity index (χ3n) is 5.55. The first-order valence-corrected chi connectivity index (χ1v) is 13.8. The molecule has 0 aliphatic carbocycles. The van der Waals surface area contributed by atoms with E-state index in [0.29, 0.717) is 16.8 Å². The van der Waals surface area contributed by atoms with Crippen molar-refractivity contribution < 1.29 is 26.1 Å². The molecule has 10 nitrogen and oxygen atoms in total. The van der Waals surface area contributed by atoms with Crippen LogP contribution < -0.4 is 4.72 Å². The molecular formula is C23H21FN4O6S2. The van der Waals surface area contributed by atoms with Gasteiger partial charge in [-0.25, -0.2) is 12.8 Å². The first-order valence-electron chi connectivity index (χ1n) is 10.7. The molecule has 36 heavy (non-hydrogen) atoms. The van der Waals surface area contributed by atoms with E-state index in [2.05, 4.69) is 9.82 Å². The second kappa shape index (κ2) is 9.66. The summed E-state index contributed by atoms with van der Waals surface area (Å²) in [4.78, 5) is 10.5. The zero-order valence-electron chi connectivity index (χ0n) is 18.9. The SMILES string of the molecule is CCS(=O)(=O)Nc1cccc(C2=NN(S(=O)(=O)c3ccc(F)cc3)[C@@H](c3cccc([N+](=O)[O-])c3)C2)c1. The number of nitrogens with one attached hydrogen (secondary N) is 1. The molecule has 0 amide bonds. The van der Waals surface area contributed by atoms with Crippen molar-refractivity contribution in [1.82, 2.24) is 4.41 Å². The quantitative estimate of drug-likeness (QED) is 0.343. The van der Waals surface area contributed by atoms with E-state index in [-0.39, 0.29) is 28.4 Å². The molecular weight excluding hydrogens is 511 g/mol. The fraction of sp³-hybridized carbons (Fsp3) is 0.174. The summed E-state index contributed by atoms with van der Waals surface area (Å²) in [6.45, 7) is 1.50. The van der Waals surface area contributed by atoms with Crippen LogP contribution in [0.1, 0.15) is 30.5 Å². The summed E-state index contributed by atoms with van der Waals surface area (Å²) >= 11 is 0. The van der Waals surface area contributed by atoms with E-state index in [4.69, 9.17) is 0 Å². The van der Waals surface area contributed by atoms with Crippen LogP contribution in [0.15, 0.2) is 82.8 Å². The fourth-order valence-corrected chi connectivity index (χ4v) is 5.77. The van der Waals surface area contributed by atoms with Crippen LogP contribution in [0.3, 0.4) is 0 Å². The number of hydrogen-bond acceptors (Lipinski definition) is 7. The molecule has 0 bridgehead atoms. The van der Waals surface area contributed by atoms with Crippen LogP contribution in [0.4, 0.5) is 15.8 Å². The number of nitro groups is 1. The summed E-state index contributed by atoms with van der Waals surface area (Å²) in [6, 6.07) is 15.3. The lowest BCUT2D eigenvalue weighted by Crippen LogP contribution is -2.27. The van der Waals surface area contributed by atoms with Crippen molar-refractivity contribution in [2.45, 2.75) is 24.3 Å². The molecule has 0 fully saturated rings. The number of benzene rings is 3. The zero-order valence-corrected chi connectivity index (χ0v) is 20.5. The molecule has 1 atom stereocenters. The van der Waals surface area contributed by atoms with Gasteiger partial charge in [-0.3, -0.25) is 14.8 Å². The summed E-state index contributed by atoms with van der Waals surface area (Å²) in [7, 11) is -7.82. The van der Waals surface area contributed by atoms with Crippen LogP contribution in [0.5, 0.6) is 0 Å². The van der Waals surface area contributed by atoms with Crippen molar-refractivity contribution in [2.75, 3.05) is 10.5 Å². The molecule has 0 saturated carbocycles. The molecule has 0 aromatic heterocycles. The van der Waals surface area contributed by atoms with Gasteiger partial charge in [-0.15, -0.1) is 0 Å². The standard InChI is InChI=1S/C23H21FN4O6S2/c1-2-35(31,32)26-19-7-3-5-16(13-19)22-15-23(17-6-4-8-20(14-17)28(29)30)27(25-22)36(33,34)21-11-9-18(24)10-12-21/h3-14,23,26H,2,15H2,1H3/t23-/m1/s1. The van der Waals surface area contributed by atoms with Gasteiger partial charge in [0, 0.05) is 24.2 Å². The van der Waals surface area contributed by atoms with E-state index in [1.54, 1.807) is 24.3 Å². The first kappa shape index (κ1) is 25.3.